The van der Waals surface area contributed by atoms with Crippen molar-refractivity contribution in [2.75, 3.05) is 7.11 Å². The van der Waals surface area contributed by atoms with Gasteiger partial charge >= 0.3 is 0 Å². The van der Waals surface area contributed by atoms with Crippen molar-refractivity contribution in [2.24, 2.45) is 5.92 Å². The Morgan fingerprint density at radius 3 is 2.65 bits per heavy atom. The van der Waals surface area contributed by atoms with Crippen molar-refractivity contribution in [3.63, 3.8) is 0 Å². The minimum Gasteiger partial charge on any atom is -0.496 e. The van der Waals surface area contributed by atoms with Crippen LogP contribution in [0.5, 0.6) is 5.75 Å². The van der Waals surface area contributed by atoms with Crippen molar-refractivity contribution >= 4 is 5.78 Å². The molecule has 1 saturated carbocycles. The Morgan fingerprint density at radius 2 is 2.12 bits per heavy atom. The summed E-state index contributed by atoms with van der Waals surface area (Å²) in [5, 5.41) is 0. The summed E-state index contributed by atoms with van der Waals surface area (Å²) in [6, 6.07) is 6.10. The van der Waals surface area contributed by atoms with Crippen LogP contribution >= 0.6 is 0 Å². The molecule has 0 unspecified atom stereocenters. The van der Waals surface area contributed by atoms with Crippen molar-refractivity contribution in [3.05, 3.63) is 29.3 Å². The third-order valence-corrected chi connectivity index (χ3v) is 3.33. The molecule has 0 bridgehead atoms. The van der Waals surface area contributed by atoms with E-state index in [0.717, 1.165) is 24.2 Å². The van der Waals surface area contributed by atoms with Crippen LogP contribution in [0.1, 0.15) is 43.7 Å². The van der Waals surface area contributed by atoms with Crippen LogP contribution in [0, 0.1) is 5.92 Å². The van der Waals surface area contributed by atoms with Crippen LogP contribution in [0.4, 0.5) is 0 Å². The molecule has 1 aliphatic carbocycles. The number of ketones is 1. The minimum atomic E-state index is 0.347. The van der Waals surface area contributed by atoms with Crippen molar-refractivity contribution < 1.29 is 9.53 Å². The van der Waals surface area contributed by atoms with E-state index in [0.29, 0.717) is 24.0 Å². The number of hydrogen-bond donors (Lipinski definition) is 0. The molecule has 0 aliphatic heterocycles. The zero-order valence-electron chi connectivity index (χ0n) is 10.8. The second-order valence-electron chi connectivity index (χ2n) is 5.15. The van der Waals surface area contributed by atoms with E-state index in [9.17, 15) is 4.79 Å². The van der Waals surface area contributed by atoms with Gasteiger partial charge in [-0.05, 0) is 36.0 Å². The monoisotopic (exact) mass is 232 g/mol. The number of carbonyl (C=O) groups excluding carboxylic acids is 1. The lowest BCUT2D eigenvalue weighted by Crippen LogP contribution is -2.05. The molecule has 1 aromatic rings. The SMILES string of the molecule is COc1ccc(CC(=O)C2CC2)cc1C(C)C. The summed E-state index contributed by atoms with van der Waals surface area (Å²) in [5.41, 5.74) is 2.31. The fourth-order valence-electron chi connectivity index (χ4n) is 2.10. The Morgan fingerprint density at radius 1 is 1.41 bits per heavy atom. The summed E-state index contributed by atoms with van der Waals surface area (Å²) >= 11 is 0. The maximum Gasteiger partial charge on any atom is 0.140 e. The van der Waals surface area contributed by atoms with E-state index in [4.69, 9.17) is 4.74 Å². The van der Waals surface area contributed by atoms with Crippen LogP contribution < -0.4 is 4.74 Å². The molecule has 2 rings (SSSR count). The zero-order chi connectivity index (χ0) is 12.4. The maximum absolute atomic E-state index is 11.8. The molecule has 0 spiro atoms. The Labute approximate surface area is 103 Å². The van der Waals surface area contributed by atoms with Crippen molar-refractivity contribution in [1.82, 2.24) is 0 Å². The first-order valence-corrected chi connectivity index (χ1v) is 6.31. The minimum absolute atomic E-state index is 0.347. The van der Waals surface area contributed by atoms with Gasteiger partial charge in [0.2, 0.25) is 0 Å². The number of Topliss-reactive ketones (excluding diaryl/α,β-unsaturated/α-hetero) is 1. The summed E-state index contributed by atoms with van der Waals surface area (Å²) in [4.78, 5) is 11.8. The van der Waals surface area contributed by atoms with Gasteiger partial charge < -0.3 is 4.74 Å². The highest BCUT2D eigenvalue weighted by molar-refractivity contribution is 5.85. The molecule has 0 atom stereocenters. The van der Waals surface area contributed by atoms with Crippen LogP contribution in [-0.4, -0.2) is 12.9 Å². The molecule has 0 radical (unpaired) electrons. The van der Waals surface area contributed by atoms with E-state index in [-0.39, 0.29) is 0 Å². The molecule has 1 aromatic carbocycles. The van der Waals surface area contributed by atoms with Crippen LogP contribution in [0.25, 0.3) is 0 Å². The summed E-state index contributed by atoms with van der Waals surface area (Å²) in [6.07, 6.45) is 2.76. The first kappa shape index (κ1) is 12.2. The number of hydrogen-bond acceptors (Lipinski definition) is 2. The molecule has 2 nitrogen and oxygen atoms in total. The Balaban J connectivity index is 2.17. The third kappa shape index (κ3) is 2.87. The van der Waals surface area contributed by atoms with Gasteiger partial charge in [-0.1, -0.05) is 26.0 Å². The number of benzene rings is 1. The predicted octanol–water partition coefficient (Wildman–Crippen LogP) is 3.34. The van der Waals surface area contributed by atoms with Crippen LogP contribution in [-0.2, 0) is 11.2 Å². The lowest BCUT2D eigenvalue weighted by Gasteiger charge is -2.13. The van der Waals surface area contributed by atoms with Gasteiger partial charge in [-0.25, -0.2) is 0 Å². The number of carbonyl (C=O) groups is 1. The summed E-state index contributed by atoms with van der Waals surface area (Å²) in [7, 11) is 1.69. The second kappa shape index (κ2) is 4.91. The Bertz CT molecular complexity index is 417. The molecule has 1 fully saturated rings. The molecule has 0 saturated heterocycles. The van der Waals surface area contributed by atoms with Gasteiger partial charge in [-0.3, -0.25) is 4.79 Å². The van der Waals surface area contributed by atoms with Gasteiger partial charge in [0.25, 0.3) is 0 Å². The number of ether oxygens (including phenoxy) is 1. The molecule has 17 heavy (non-hydrogen) atoms. The second-order valence-corrected chi connectivity index (χ2v) is 5.15. The fraction of sp³-hybridized carbons (Fsp3) is 0.533. The van der Waals surface area contributed by atoms with Gasteiger partial charge in [0.15, 0.2) is 0 Å². The zero-order valence-corrected chi connectivity index (χ0v) is 10.8. The lowest BCUT2D eigenvalue weighted by atomic mass is 9.97. The Hall–Kier alpha value is -1.31. The highest BCUT2D eigenvalue weighted by atomic mass is 16.5. The normalized spacial score (nSPS) is 15.1. The molecule has 0 aromatic heterocycles. The van der Waals surface area contributed by atoms with E-state index in [2.05, 4.69) is 19.9 Å². The molecule has 0 heterocycles. The standard InChI is InChI=1S/C15H20O2/c1-10(2)13-8-11(4-7-15(13)17-3)9-14(16)12-5-6-12/h4,7-8,10,12H,5-6,9H2,1-3H3. The highest BCUT2D eigenvalue weighted by Gasteiger charge is 2.29. The van der Waals surface area contributed by atoms with Gasteiger partial charge in [0.1, 0.15) is 11.5 Å². The topological polar surface area (TPSA) is 26.3 Å². The lowest BCUT2D eigenvalue weighted by molar-refractivity contribution is -0.119. The van der Waals surface area contributed by atoms with Crippen LogP contribution in [0.15, 0.2) is 18.2 Å². The summed E-state index contributed by atoms with van der Waals surface area (Å²) in [6.45, 7) is 4.29. The van der Waals surface area contributed by atoms with Gasteiger partial charge in [-0.2, -0.15) is 0 Å². The van der Waals surface area contributed by atoms with E-state index in [1.165, 1.54) is 5.56 Å². The fourth-order valence-corrected chi connectivity index (χ4v) is 2.10. The molecule has 2 heteroatoms. The molecule has 0 amide bonds. The van der Waals surface area contributed by atoms with Crippen molar-refractivity contribution in [3.8, 4) is 5.75 Å². The van der Waals surface area contributed by atoms with Crippen LogP contribution in [0.2, 0.25) is 0 Å². The maximum atomic E-state index is 11.8. The van der Waals surface area contributed by atoms with Crippen molar-refractivity contribution in [1.29, 1.82) is 0 Å². The molecule has 0 N–H and O–H groups in total. The Kier molecular flexibility index (Phi) is 3.51. The molecular weight excluding hydrogens is 212 g/mol. The average Bonchev–Trinajstić information content (AvgIpc) is 3.12. The first-order valence-electron chi connectivity index (χ1n) is 6.31. The number of rotatable bonds is 5. The quantitative estimate of drug-likeness (QED) is 0.778. The van der Waals surface area contributed by atoms with Gasteiger partial charge in [0.05, 0.1) is 7.11 Å². The largest absolute Gasteiger partial charge is 0.496 e. The van der Waals surface area contributed by atoms with Gasteiger partial charge in [0, 0.05) is 12.3 Å². The first-order chi connectivity index (χ1) is 8.11. The van der Waals surface area contributed by atoms with E-state index >= 15 is 0 Å². The molecule has 92 valence electrons. The van der Waals surface area contributed by atoms with E-state index < -0.39 is 0 Å². The smallest absolute Gasteiger partial charge is 0.140 e. The molecular formula is C15H20O2. The third-order valence-electron chi connectivity index (χ3n) is 3.33. The van der Waals surface area contributed by atoms with E-state index in [1.54, 1.807) is 7.11 Å². The highest BCUT2D eigenvalue weighted by Crippen LogP contribution is 2.32. The van der Waals surface area contributed by atoms with Crippen LogP contribution in [0.3, 0.4) is 0 Å². The van der Waals surface area contributed by atoms with Gasteiger partial charge in [-0.15, -0.1) is 0 Å². The summed E-state index contributed by atoms with van der Waals surface area (Å²) < 4.78 is 5.34. The van der Waals surface area contributed by atoms with Crippen molar-refractivity contribution in [2.45, 2.75) is 39.0 Å². The predicted molar refractivity (Wildman–Crippen MR) is 68.5 cm³/mol. The molecule has 1 aliphatic rings. The summed E-state index contributed by atoms with van der Waals surface area (Å²) in [5.74, 6) is 2.08. The average molecular weight is 232 g/mol. The number of methoxy groups -OCH3 is 1. The van der Waals surface area contributed by atoms with E-state index in [1.807, 2.05) is 12.1 Å².